The first-order valence-corrected chi connectivity index (χ1v) is 12.1. The van der Waals surface area contributed by atoms with Crippen molar-refractivity contribution in [3.63, 3.8) is 0 Å². The number of aromatic nitrogens is 6. The smallest absolute Gasteiger partial charge is 0.226 e. The Balaban J connectivity index is 1.23. The number of nitrogens with one attached hydrogen (secondary N) is 1. The van der Waals surface area contributed by atoms with E-state index in [1.165, 1.54) is 6.33 Å². The molecule has 5 aromatic rings. The third kappa shape index (κ3) is 4.47. The number of aryl methyl sites for hydroxylation is 2. The van der Waals surface area contributed by atoms with Gasteiger partial charge in [0.25, 0.3) is 0 Å². The summed E-state index contributed by atoms with van der Waals surface area (Å²) in [7, 11) is 1.97. The Labute approximate surface area is 213 Å². The molecule has 2 aromatic carbocycles. The molecule has 0 aliphatic carbocycles. The van der Waals surface area contributed by atoms with Gasteiger partial charge in [0, 0.05) is 38.3 Å². The van der Waals surface area contributed by atoms with Gasteiger partial charge in [-0.2, -0.15) is 5.26 Å². The van der Waals surface area contributed by atoms with Crippen LogP contribution < -0.4 is 15.0 Å². The average Bonchev–Trinajstić information content (AvgIpc) is 3.52. The number of anilines is 3. The van der Waals surface area contributed by atoms with Crippen LogP contribution in [0, 0.1) is 24.2 Å². The SMILES string of the molecule is Cc1cc(Nc2ncnc3cnc(N4CC[C@H](CC#N)C4)nc23)ccc1Oc1ccc2c(c1)ncn2C. The van der Waals surface area contributed by atoms with E-state index in [9.17, 15) is 0 Å². The molecule has 1 fully saturated rings. The molecule has 0 amide bonds. The van der Waals surface area contributed by atoms with Crippen molar-refractivity contribution in [3.05, 3.63) is 60.8 Å². The Morgan fingerprint density at radius 1 is 1.11 bits per heavy atom. The second-order valence-electron chi connectivity index (χ2n) is 9.30. The fourth-order valence-corrected chi connectivity index (χ4v) is 4.68. The molecule has 0 radical (unpaired) electrons. The topological polar surface area (TPSA) is 118 Å². The van der Waals surface area contributed by atoms with Crippen LogP contribution in [0.15, 0.2) is 55.2 Å². The summed E-state index contributed by atoms with van der Waals surface area (Å²) in [5, 5.41) is 12.4. The Morgan fingerprint density at radius 2 is 2.03 bits per heavy atom. The number of hydrogen-bond acceptors (Lipinski definition) is 9. The molecule has 1 saturated heterocycles. The van der Waals surface area contributed by atoms with Gasteiger partial charge in [-0.05, 0) is 55.2 Å². The summed E-state index contributed by atoms with van der Waals surface area (Å²) in [5.74, 6) is 3.09. The lowest BCUT2D eigenvalue weighted by molar-refractivity contribution is 0.479. The third-order valence-corrected chi connectivity index (χ3v) is 6.68. The first kappa shape index (κ1) is 22.7. The molecule has 1 atom stereocenters. The number of rotatable bonds is 6. The molecule has 6 rings (SSSR count). The van der Waals surface area contributed by atoms with Gasteiger partial charge < -0.3 is 19.5 Å². The van der Waals surface area contributed by atoms with E-state index in [1.807, 2.05) is 54.9 Å². The van der Waals surface area contributed by atoms with Crippen molar-refractivity contribution in [1.82, 2.24) is 29.5 Å². The predicted octanol–water partition coefficient (Wildman–Crippen LogP) is 4.89. The maximum Gasteiger partial charge on any atom is 0.226 e. The summed E-state index contributed by atoms with van der Waals surface area (Å²) < 4.78 is 8.13. The molecule has 0 spiro atoms. The maximum atomic E-state index is 9.02. The second-order valence-corrected chi connectivity index (χ2v) is 9.30. The number of ether oxygens (including phenoxy) is 1. The highest BCUT2D eigenvalue weighted by molar-refractivity contribution is 5.87. The van der Waals surface area contributed by atoms with E-state index in [2.05, 4.69) is 36.2 Å². The largest absolute Gasteiger partial charge is 0.457 e. The molecular weight excluding hydrogens is 466 g/mol. The van der Waals surface area contributed by atoms with Gasteiger partial charge in [0.15, 0.2) is 5.82 Å². The summed E-state index contributed by atoms with van der Waals surface area (Å²) >= 11 is 0. The van der Waals surface area contributed by atoms with Gasteiger partial charge in [-0.1, -0.05) is 0 Å². The van der Waals surface area contributed by atoms with Gasteiger partial charge >= 0.3 is 0 Å². The molecule has 3 aromatic heterocycles. The minimum atomic E-state index is 0.350. The highest BCUT2D eigenvalue weighted by Gasteiger charge is 2.24. The monoisotopic (exact) mass is 491 g/mol. The molecule has 4 heterocycles. The van der Waals surface area contributed by atoms with Crippen LogP contribution in [0.25, 0.3) is 22.1 Å². The van der Waals surface area contributed by atoms with Crippen LogP contribution in [0.3, 0.4) is 0 Å². The molecule has 1 N–H and O–H groups in total. The fraction of sp³-hybridized carbons (Fsp3) is 0.259. The van der Waals surface area contributed by atoms with Gasteiger partial charge in [0.2, 0.25) is 5.95 Å². The number of fused-ring (bicyclic) bond motifs is 2. The average molecular weight is 492 g/mol. The van der Waals surface area contributed by atoms with Gasteiger partial charge in [0.1, 0.15) is 28.9 Å². The lowest BCUT2D eigenvalue weighted by Gasteiger charge is -2.17. The van der Waals surface area contributed by atoms with Crippen molar-refractivity contribution in [2.45, 2.75) is 19.8 Å². The lowest BCUT2D eigenvalue weighted by atomic mass is 10.1. The zero-order valence-electron chi connectivity index (χ0n) is 20.6. The first-order valence-electron chi connectivity index (χ1n) is 12.1. The molecule has 184 valence electrons. The van der Waals surface area contributed by atoms with Crippen molar-refractivity contribution in [2.75, 3.05) is 23.3 Å². The highest BCUT2D eigenvalue weighted by atomic mass is 16.5. The van der Waals surface area contributed by atoms with Gasteiger partial charge in [-0.15, -0.1) is 0 Å². The van der Waals surface area contributed by atoms with Gasteiger partial charge in [-0.3, -0.25) is 0 Å². The molecule has 0 bridgehead atoms. The van der Waals surface area contributed by atoms with Crippen molar-refractivity contribution < 1.29 is 4.74 Å². The Hall–Kier alpha value is -4.78. The molecule has 10 heteroatoms. The normalized spacial score (nSPS) is 15.3. The van der Waals surface area contributed by atoms with Crippen LogP contribution >= 0.6 is 0 Å². The van der Waals surface area contributed by atoms with Crippen LogP contribution in [0.2, 0.25) is 0 Å². The summed E-state index contributed by atoms with van der Waals surface area (Å²) in [6.45, 7) is 3.62. The Bertz CT molecular complexity index is 1660. The number of benzene rings is 2. The zero-order valence-corrected chi connectivity index (χ0v) is 20.6. The van der Waals surface area contributed by atoms with E-state index in [4.69, 9.17) is 15.0 Å². The molecular formula is C27H25N9O. The molecule has 0 saturated carbocycles. The molecule has 10 nitrogen and oxygen atoms in total. The van der Waals surface area contributed by atoms with Crippen LogP contribution in [-0.2, 0) is 7.05 Å². The van der Waals surface area contributed by atoms with Crippen LogP contribution in [0.5, 0.6) is 11.5 Å². The first-order chi connectivity index (χ1) is 18.1. The summed E-state index contributed by atoms with van der Waals surface area (Å²) in [6.07, 6.45) is 6.54. The maximum absolute atomic E-state index is 9.02. The zero-order chi connectivity index (χ0) is 25.4. The molecule has 1 aliphatic rings. The summed E-state index contributed by atoms with van der Waals surface area (Å²) in [6, 6.07) is 14.1. The van der Waals surface area contributed by atoms with Crippen molar-refractivity contribution in [3.8, 4) is 17.6 Å². The van der Waals surface area contributed by atoms with Gasteiger partial charge in [0.05, 0.1) is 29.6 Å². The van der Waals surface area contributed by atoms with E-state index in [0.717, 1.165) is 53.3 Å². The lowest BCUT2D eigenvalue weighted by Crippen LogP contribution is -2.22. The number of nitrogens with zero attached hydrogens (tertiary/aromatic N) is 8. The van der Waals surface area contributed by atoms with Crippen LogP contribution in [-0.4, -0.2) is 42.6 Å². The number of hydrogen-bond donors (Lipinski definition) is 1. The minimum absolute atomic E-state index is 0.350. The summed E-state index contributed by atoms with van der Waals surface area (Å²) in [4.78, 5) is 24.6. The number of imidazole rings is 1. The van der Waals surface area contributed by atoms with E-state index in [0.29, 0.717) is 35.1 Å². The molecule has 0 unspecified atom stereocenters. The molecule has 37 heavy (non-hydrogen) atoms. The van der Waals surface area contributed by atoms with E-state index < -0.39 is 0 Å². The Kier molecular flexibility index (Phi) is 5.73. The standard InChI is InChI=1S/C27H25N9O/c1-17-11-19(3-6-24(17)37-20-4-5-23-21(12-20)32-16-35(23)2)33-26-25-22(30-15-31-26)13-29-27(34-25)36-10-8-18(14-36)7-9-28/h3-6,11-13,15-16,18H,7-8,10,14H2,1-2H3,(H,30,31,33)/t18-/m0/s1. The fourth-order valence-electron chi connectivity index (χ4n) is 4.68. The van der Waals surface area contributed by atoms with Gasteiger partial charge in [-0.25, -0.2) is 24.9 Å². The summed E-state index contributed by atoms with van der Waals surface area (Å²) in [5.41, 5.74) is 5.09. The number of nitriles is 1. The minimum Gasteiger partial charge on any atom is -0.457 e. The molecule has 1 aliphatic heterocycles. The third-order valence-electron chi connectivity index (χ3n) is 6.68. The van der Waals surface area contributed by atoms with E-state index >= 15 is 0 Å². The Morgan fingerprint density at radius 3 is 2.89 bits per heavy atom. The van der Waals surface area contributed by atoms with Crippen LogP contribution in [0.4, 0.5) is 17.5 Å². The van der Waals surface area contributed by atoms with E-state index in [1.54, 1.807) is 12.5 Å². The van der Waals surface area contributed by atoms with Crippen molar-refractivity contribution in [2.24, 2.45) is 13.0 Å². The van der Waals surface area contributed by atoms with Crippen molar-refractivity contribution >= 4 is 39.5 Å². The second kappa shape index (κ2) is 9.35. The highest BCUT2D eigenvalue weighted by Crippen LogP contribution is 2.31. The predicted molar refractivity (Wildman–Crippen MR) is 141 cm³/mol. The van der Waals surface area contributed by atoms with E-state index in [-0.39, 0.29) is 0 Å². The van der Waals surface area contributed by atoms with Crippen molar-refractivity contribution in [1.29, 1.82) is 5.26 Å². The van der Waals surface area contributed by atoms with Crippen LogP contribution in [0.1, 0.15) is 18.4 Å². The quantitative estimate of drug-likeness (QED) is 0.354.